The summed E-state index contributed by atoms with van der Waals surface area (Å²) in [6, 6.07) is 11.5. The molecule has 0 aliphatic rings. The molecule has 3 rings (SSSR count). The Labute approximate surface area is 193 Å². The van der Waals surface area contributed by atoms with Gasteiger partial charge in [-0.3, -0.25) is 14.7 Å². The SMILES string of the molecule is CCOc1cc([C@H](C[N+](=O)[O-])Sc2nnc(C)n2-c2cccc(C)c2)c(Br)cc1OC. The summed E-state index contributed by atoms with van der Waals surface area (Å²) in [5.74, 6) is 1.80. The summed E-state index contributed by atoms with van der Waals surface area (Å²) < 4.78 is 13.7. The van der Waals surface area contributed by atoms with E-state index < -0.39 is 5.25 Å². The zero-order valence-corrected chi connectivity index (χ0v) is 20.1. The normalized spacial score (nSPS) is 11.9. The Kier molecular flexibility index (Phi) is 7.55. The lowest BCUT2D eigenvalue weighted by Crippen LogP contribution is -2.12. The van der Waals surface area contributed by atoms with Crippen molar-refractivity contribution in [2.45, 2.75) is 31.2 Å². The number of nitrogens with zero attached hydrogens (tertiary/aromatic N) is 4. The van der Waals surface area contributed by atoms with Crippen LogP contribution in [0.1, 0.15) is 29.1 Å². The molecule has 1 heterocycles. The highest BCUT2D eigenvalue weighted by Gasteiger charge is 2.27. The van der Waals surface area contributed by atoms with Crippen LogP contribution in [0.25, 0.3) is 5.69 Å². The van der Waals surface area contributed by atoms with E-state index in [-0.39, 0.29) is 11.5 Å². The first-order valence-corrected chi connectivity index (χ1v) is 11.3. The molecule has 2 aromatic carbocycles. The number of hydrogen-bond donors (Lipinski definition) is 0. The molecule has 0 saturated heterocycles. The number of nitro groups is 1. The minimum absolute atomic E-state index is 0.291. The monoisotopic (exact) mass is 506 g/mol. The topological polar surface area (TPSA) is 92.3 Å². The van der Waals surface area contributed by atoms with E-state index >= 15 is 0 Å². The molecule has 1 atom stereocenters. The molecule has 1 aromatic heterocycles. The predicted octanol–water partition coefficient (Wildman–Crippen LogP) is 5.16. The lowest BCUT2D eigenvalue weighted by atomic mass is 10.1. The zero-order chi connectivity index (χ0) is 22.5. The van der Waals surface area contributed by atoms with Gasteiger partial charge in [0.05, 0.1) is 13.7 Å². The number of aryl methyl sites for hydroxylation is 2. The first-order chi connectivity index (χ1) is 14.8. The minimum atomic E-state index is -0.526. The number of ether oxygens (including phenoxy) is 2. The Bertz CT molecular complexity index is 1090. The Morgan fingerprint density at radius 2 is 2.00 bits per heavy atom. The van der Waals surface area contributed by atoms with Gasteiger partial charge in [-0.15, -0.1) is 10.2 Å². The molecular formula is C21H23BrN4O4S. The van der Waals surface area contributed by atoms with E-state index in [0.717, 1.165) is 16.8 Å². The van der Waals surface area contributed by atoms with Crippen molar-refractivity contribution in [2.75, 3.05) is 20.3 Å². The van der Waals surface area contributed by atoms with Crippen LogP contribution in [0.4, 0.5) is 0 Å². The van der Waals surface area contributed by atoms with Crippen molar-refractivity contribution >= 4 is 27.7 Å². The summed E-state index contributed by atoms with van der Waals surface area (Å²) in [6.07, 6.45) is 0. The van der Waals surface area contributed by atoms with Gasteiger partial charge in [-0.05, 0) is 56.2 Å². The molecule has 164 valence electrons. The molecule has 0 unspecified atom stereocenters. The van der Waals surface area contributed by atoms with Gasteiger partial charge in [0, 0.05) is 15.1 Å². The number of thioether (sulfide) groups is 1. The molecule has 8 nitrogen and oxygen atoms in total. The summed E-state index contributed by atoms with van der Waals surface area (Å²) >= 11 is 4.84. The average molecular weight is 507 g/mol. The lowest BCUT2D eigenvalue weighted by molar-refractivity contribution is -0.479. The van der Waals surface area contributed by atoms with Crippen molar-refractivity contribution in [1.82, 2.24) is 14.8 Å². The zero-order valence-electron chi connectivity index (χ0n) is 17.7. The van der Waals surface area contributed by atoms with Crippen molar-refractivity contribution in [1.29, 1.82) is 0 Å². The van der Waals surface area contributed by atoms with E-state index in [0.29, 0.717) is 33.6 Å². The molecule has 0 amide bonds. The van der Waals surface area contributed by atoms with Crippen LogP contribution in [0.3, 0.4) is 0 Å². The Hall–Kier alpha value is -2.59. The molecule has 10 heteroatoms. The van der Waals surface area contributed by atoms with Crippen LogP contribution in [-0.4, -0.2) is 39.9 Å². The molecule has 0 N–H and O–H groups in total. The third kappa shape index (κ3) is 5.37. The van der Waals surface area contributed by atoms with E-state index in [4.69, 9.17) is 9.47 Å². The predicted molar refractivity (Wildman–Crippen MR) is 123 cm³/mol. The van der Waals surface area contributed by atoms with Crippen molar-refractivity contribution in [2.24, 2.45) is 0 Å². The fraction of sp³-hybridized carbons (Fsp3) is 0.333. The number of halogens is 1. The molecule has 0 saturated carbocycles. The maximum Gasteiger partial charge on any atom is 0.220 e. The molecule has 31 heavy (non-hydrogen) atoms. The van der Waals surface area contributed by atoms with Crippen LogP contribution in [-0.2, 0) is 0 Å². The molecule has 0 aliphatic carbocycles. The molecular weight excluding hydrogens is 484 g/mol. The largest absolute Gasteiger partial charge is 0.493 e. The number of rotatable bonds is 9. The Balaban J connectivity index is 2.05. The molecule has 0 aliphatic heterocycles. The number of benzene rings is 2. The van der Waals surface area contributed by atoms with Gasteiger partial charge in [-0.2, -0.15) is 0 Å². The molecule has 0 fully saturated rings. The highest BCUT2D eigenvalue weighted by atomic mass is 79.9. The third-order valence-electron chi connectivity index (χ3n) is 4.55. The van der Waals surface area contributed by atoms with E-state index in [1.807, 2.05) is 49.6 Å². The van der Waals surface area contributed by atoms with Gasteiger partial charge in [-0.1, -0.05) is 39.8 Å². The first-order valence-electron chi connectivity index (χ1n) is 9.61. The summed E-state index contributed by atoms with van der Waals surface area (Å²) in [7, 11) is 1.56. The van der Waals surface area contributed by atoms with Gasteiger partial charge in [0.25, 0.3) is 0 Å². The van der Waals surface area contributed by atoms with Crippen LogP contribution in [0.2, 0.25) is 0 Å². The number of methoxy groups -OCH3 is 1. The fourth-order valence-electron chi connectivity index (χ4n) is 3.17. The van der Waals surface area contributed by atoms with E-state index in [1.54, 1.807) is 19.2 Å². The summed E-state index contributed by atoms with van der Waals surface area (Å²) in [6.45, 7) is 5.90. The van der Waals surface area contributed by atoms with Crippen molar-refractivity contribution in [3.05, 3.63) is 67.9 Å². The Morgan fingerprint density at radius 3 is 2.65 bits per heavy atom. The van der Waals surface area contributed by atoms with Crippen LogP contribution in [0.15, 0.2) is 46.0 Å². The molecule has 0 spiro atoms. The van der Waals surface area contributed by atoms with Gasteiger partial charge >= 0.3 is 0 Å². The molecule has 0 radical (unpaired) electrons. The minimum Gasteiger partial charge on any atom is -0.493 e. The van der Waals surface area contributed by atoms with Gasteiger partial charge in [-0.25, -0.2) is 0 Å². The van der Waals surface area contributed by atoms with Gasteiger partial charge in [0.2, 0.25) is 6.54 Å². The van der Waals surface area contributed by atoms with Crippen molar-refractivity contribution in [3.8, 4) is 17.2 Å². The van der Waals surface area contributed by atoms with Gasteiger partial charge in [0.1, 0.15) is 11.1 Å². The van der Waals surface area contributed by atoms with Gasteiger partial charge < -0.3 is 9.47 Å². The van der Waals surface area contributed by atoms with E-state index in [9.17, 15) is 10.1 Å². The van der Waals surface area contributed by atoms with Gasteiger partial charge in [0.15, 0.2) is 16.7 Å². The smallest absolute Gasteiger partial charge is 0.220 e. The van der Waals surface area contributed by atoms with E-state index in [2.05, 4.69) is 26.1 Å². The van der Waals surface area contributed by atoms with Crippen LogP contribution in [0, 0.1) is 24.0 Å². The van der Waals surface area contributed by atoms with Crippen LogP contribution >= 0.6 is 27.7 Å². The Morgan fingerprint density at radius 1 is 1.23 bits per heavy atom. The van der Waals surface area contributed by atoms with Crippen LogP contribution < -0.4 is 9.47 Å². The second-order valence-corrected chi connectivity index (χ2v) is 8.81. The third-order valence-corrected chi connectivity index (χ3v) is 6.40. The second kappa shape index (κ2) is 10.1. The fourth-order valence-corrected chi connectivity index (χ4v) is 5.12. The highest BCUT2D eigenvalue weighted by Crippen LogP contribution is 2.43. The average Bonchev–Trinajstić information content (AvgIpc) is 3.08. The maximum absolute atomic E-state index is 11.5. The molecule has 3 aromatic rings. The maximum atomic E-state index is 11.5. The van der Waals surface area contributed by atoms with Crippen molar-refractivity contribution < 1.29 is 14.4 Å². The lowest BCUT2D eigenvalue weighted by Gasteiger charge is -2.18. The number of aromatic nitrogens is 3. The first kappa shape index (κ1) is 23.1. The molecule has 0 bridgehead atoms. The summed E-state index contributed by atoms with van der Waals surface area (Å²) in [5, 5.41) is 20.1. The van der Waals surface area contributed by atoms with Crippen molar-refractivity contribution in [3.63, 3.8) is 0 Å². The standard InChI is InChI=1S/C21H23BrN4O4S/c1-5-30-19-10-16(17(22)11-18(19)29-4)20(12-25(27)28)31-21-24-23-14(3)26(21)15-8-6-7-13(2)9-15/h6-11,20H,5,12H2,1-4H3/t20-/m0/s1. The second-order valence-electron chi connectivity index (χ2n) is 6.78. The van der Waals surface area contributed by atoms with E-state index in [1.165, 1.54) is 11.8 Å². The summed E-state index contributed by atoms with van der Waals surface area (Å²) in [5.41, 5.74) is 2.73. The number of hydrogen-bond acceptors (Lipinski definition) is 7. The van der Waals surface area contributed by atoms with Crippen LogP contribution in [0.5, 0.6) is 11.5 Å². The summed E-state index contributed by atoms with van der Waals surface area (Å²) in [4.78, 5) is 11.2. The highest BCUT2D eigenvalue weighted by molar-refractivity contribution is 9.10. The quantitative estimate of drug-likeness (QED) is 0.224.